The molecule has 0 aliphatic carbocycles. The Balaban J connectivity index is 1.77. The Morgan fingerprint density at radius 3 is 2.86 bits per heavy atom. The molecule has 2 rings (SSSR count). The second kappa shape index (κ2) is 7.13. The van der Waals surface area contributed by atoms with E-state index in [2.05, 4.69) is 21.9 Å². The lowest BCUT2D eigenvalue weighted by Crippen LogP contribution is -2.26. The maximum Gasteiger partial charge on any atom is 0.573 e. The molecule has 1 aliphatic heterocycles. The minimum absolute atomic E-state index is 0.167. The Bertz CT molecular complexity index is 451. The van der Waals surface area contributed by atoms with Gasteiger partial charge in [-0.1, -0.05) is 19.1 Å². The average molecular weight is 302 g/mol. The zero-order valence-electron chi connectivity index (χ0n) is 12.1. The smallest absolute Gasteiger partial charge is 0.406 e. The van der Waals surface area contributed by atoms with Gasteiger partial charge in [0.15, 0.2) is 0 Å². The molecule has 1 N–H and O–H groups in total. The van der Waals surface area contributed by atoms with Crippen LogP contribution in [0.4, 0.5) is 13.2 Å². The van der Waals surface area contributed by atoms with Gasteiger partial charge in [0.1, 0.15) is 5.75 Å². The molecule has 21 heavy (non-hydrogen) atoms. The van der Waals surface area contributed by atoms with E-state index in [9.17, 15) is 13.2 Å². The van der Waals surface area contributed by atoms with Crippen molar-refractivity contribution in [3.05, 3.63) is 29.8 Å². The number of halogens is 3. The van der Waals surface area contributed by atoms with Crippen molar-refractivity contribution >= 4 is 0 Å². The molecule has 1 aromatic carbocycles. The van der Waals surface area contributed by atoms with Gasteiger partial charge in [0.2, 0.25) is 0 Å². The highest BCUT2D eigenvalue weighted by atomic mass is 19.4. The molecule has 1 unspecified atom stereocenters. The molecule has 1 heterocycles. The van der Waals surface area contributed by atoms with Crippen LogP contribution >= 0.6 is 0 Å². The molecule has 0 aromatic heterocycles. The quantitative estimate of drug-likeness (QED) is 0.874. The van der Waals surface area contributed by atoms with Crippen LogP contribution in [0.25, 0.3) is 0 Å². The monoisotopic (exact) mass is 302 g/mol. The van der Waals surface area contributed by atoms with Crippen molar-refractivity contribution in [3.8, 4) is 5.75 Å². The fraction of sp³-hybridized carbons (Fsp3) is 0.600. The molecule has 1 fully saturated rings. The minimum Gasteiger partial charge on any atom is -0.406 e. The lowest BCUT2D eigenvalue weighted by molar-refractivity contribution is -0.274. The standard InChI is InChI=1S/C15H21F3N2O/c1-2-20-7-6-13(11-20)10-19-9-12-4-3-5-14(8-12)21-15(16,17)18/h3-5,8,13,19H,2,6-7,9-11H2,1H3. The number of nitrogens with zero attached hydrogens (tertiary/aromatic N) is 1. The first-order chi connectivity index (χ1) is 9.96. The second-order valence-corrected chi connectivity index (χ2v) is 5.37. The minimum atomic E-state index is -4.64. The summed E-state index contributed by atoms with van der Waals surface area (Å²) in [6.45, 7) is 6.91. The molecular formula is C15H21F3N2O. The summed E-state index contributed by atoms with van der Waals surface area (Å²) < 4.78 is 40.4. The van der Waals surface area contributed by atoms with Crippen molar-refractivity contribution < 1.29 is 17.9 Å². The van der Waals surface area contributed by atoms with Gasteiger partial charge in [0, 0.05) is 13.1 Å². The van der Waals surface area contributed by atoms with Gasteiger partial charge in [-0.3, -0.25) is 0 Å². The summed E-state index contributed by atoms with van der Waals surface area (Å²) in [7, 11) is 0. The van der Waals surface area contributed by atoms with Crippen molar-refractivity contribution in [1.29, 1.82) is 0 Å². The molecule has 1 atom stereocenters. The Morgan fingerprint density at radius 2 is 2.19 bits per heavy atom. The third kappa shape index (κ3) is 5.55. The van der Waals surface area contributed by atoms with Crippen molar-refractivity contribution in [2.75, 3.05) is 26.2 Å². The van der Waals surface area contributed by atoms with E-state index < -0.39 is 6.36 Å². The number of hydrogen-bond acceptors (Lipinski definition) is 3. The molecular weight excluding hydrogens is 281 g/mol. The van der Waals surface area contributed by atoms with Crippen LogP contribution in [-0.4, -0.2) is 37.4 Å². The van der Waals surface area contributed by atoms with Crippen LogP contribution in [0.3, 0.4) is 0 Å². The van der Waals surface area contributed by atoms with Gasteiger partial charge in [0.05, 0.1) is 0 Å². The normalized spacial score (nSPS) is 19.9. The van der Waals surface area contributed by atoms with E-state index in [-0.39, 0.29) is 5.75 Å². The molecule has 0 radical (unpaired) electrons. The summed E-state index contributed by atoms with van der Waals surface area (Å²) in [6, 6.07) is 6.11. The molecule has 0 saturated carbocycles. The Kier molecular flexibility index (Phi) is 5.47. The summed E-state index contributed by atoms with van der Waals surface area (Å²) in [5.74, 6) is 0.458. The first-order valence-electron chi connectivity index (χ1n) is 7.24. The van der Waals surface area contributed by atoms with E-state index in [4.69, 9.17) is 0 Å². The zero-order valence-corrected chi connectivity index (χ0v) is 12.1. The lowest BCUT2D eigenvalue weighted by Gasteiger charge is -2.14. The van der Waals surface area contributed by atoms with Crippen LogP contribution < -0.4 is 10.1 Å². The average Bonchev–Trinajstić information content (AvgIpc) is 2.85. The van der Waals surface area contributed by atoms with Gasteiger partial charge in [-0.25, -0.2) is 0 Å². The van der Waals surface area contributed by atoms with Gasteiger partial charge >= 0.3 is 6.36 Å². The van der Waals surface area contributed by atoms with E-state index in [0.717, 1.165) is 31.7 Å². The van der Waals surface area contributed by atoms with Crippen molar-refractivity contribution in [2.24, 2.45) is 5.92 Å². The number of benzene rings is 1. The summed E-state index contributed by atoms with van der Waals surface area (Å²) in [5.41, 5.74) is 0.794. The molecule has 1 aromatic rings. The number of hydrogen-bond donors (Lipinski definition) is 1. The number of alkyl halides is 3. The van der Waals surface area contributed by atoms with E-state index >= 15 is 0 Å². The number of likely N-dealkylation sites (tertiary alicyclic amines) is 1. The van der Waals surface area contributed by atoms with Crippen LogP contribution in [0, 0.1) is 5.92 Å². The molecule has 6 heteroatoms. The third-order valence-corrected chi connectivity index (χ3v) is 3.71. The molecule has 0 bridgehead atoms. The Labute approximate surface area is 123 Å². The Morgan fingerprint density at radius 1 is 1.38 bits per heavy atom. The topological polar surface area (TPSA) is 24.5 Å². The largest absolute Gasteiger partial charge is 0.573 e. The van der Waals surface area contributed by atoms with Crippen LogP contribution in [-0.2, 0) is 6.54 Å². The third-order valence-electron chi connectivity index (χ3n) is 3.71. The summed E-state index contributed by atoms with van der Waals surface area (Å²) >= 11 is 0. The van der Waals surface area contributed by atoms with Crippen molar-refractivity contribution in [2.45, 2.75) is 26.3 Å². The summed E-state index contributed by atoms with van der Waals surface area (Å²) in [4.78, 5) is 2.41. The van der Waals surface area contributed by atoms with Crippen LogP contribution in [0.5, 0.6) is 5.75 Å². The van der Waals surface area contributed by atoms with Gasteiger partial charge in [-0.15, -0.1) is 13.2 Å². The van der Waals surface area contributed by atoms with Gasteiger partial charge in [-0.05, 0) is 49.7 Å². The number of nitrogens with one attached hydrogen (secondary N) is 1. The number of ether oxygens (including phenoxy) is 1. The number of rotatable bonds is 6. The van der Waals surface area contributed by atoms with E-state index in [1.807, 2.05) is 0 Å². The maximum atomic E-state index is 12.2. The highest BCUT2D eigenvalue weighted by Crippen LogP contribution is 2.23. The van der Waals surface area contributed by atoms with Crippen LogP contribution in [0.2, 0.25) is 0 Å². The first-order valence-corrected chi connectivity index (χ1v) is 7.24. The molecule has 3 nitrogen and oxygen atoms in total. The predicted molar refractivity (Wildman–Crippen MR) is 75.1 cm³/mol. The van der Waals surface area contributed by atoms with Crippen LogP contribution in [0.1, 0.15) is 18.9 Å². The maximum absolute atomic E-state index is 12.2. The molecule has 0 spiro atoms. The Hall–Kier alpha value is -1.27. The van der Waals surface area contributed by atoms with Gasteiger partial charge in [0.25, 0.3) is 0 Å². The van der Waals surface area contributed by atoms with E-state index in [1.165, 1.54) is 18.6 Å². The lowest BCUT2D eigenvalue weighted by atomic mass is 10.1. The second-order valence-electron chi connectivity index (χ2n) is 5.37. The summed E-state index contributed by atoms with van der Waals surface area (Å²) in [6.07, 6.45) is -3.46. The molecule has 1 aliphatic rings. The van der Waals surface area contributed by atoms with Gasteiger partial charge in [-0.2, -0.15) is 0 Å². The van der Waals surface area contributed by atoms with Crippen molar-refractivity contribution in [1.82, 2.24) is 10.2 Å². The summed E-state index contributed by atoms with van der Waals surface area (Å²) in [5, 5.41) is 3.31. The van der Waals surface area contributed by atoms with Crippen LogP contribution in [0.15, 0.2) is 24.3 Å². The zero-order chi connectivity index (χ0) is 15.3. The van der Waals surface area contributed by atoms with E-state index in [1.54, 1.807) is 12.1 Å². The fourth-order valence-electron chi connectivity index (χ4n) is 2.64. The van der Waals surface area contributed by atoms with E-state index in [0.29, 0.717) is 12.5 Å². The highest BCUT2D eigenvalue weighted by Gasteiger charge is 2.31. The molecule has 0 amide bonds. The molecule has 118 valence electrons. The SMILES string of the molecule is CCN1CCC(CNCc2cccc(OC(F)(F)F)c2)C1. The molecule has 1 saturated heterocycles. The predicted octanol–water partition coefficient (Wildman–Crippen LogP) is 3.02. The highest BCUT2D eigenvalue weighted by molar-refractivity contribution is 5.28. The van der Waals surface area contributed by atoms with Gasteiger partial charge < -0.3 is 15.0 Å². The fourth-order valence-corrected chi connectivity index (χ4v) is 2.64. The first kappa shape index (κ1) is 16.1. The van der Waals surface area contributed by atoms with Crippen molar-refractivity contribution in [3.63, 3.8) is 0 Å².